The van der Waals surface area contributed by atoms with Crippen LogP contribution in [0.25, 0.3) is 11.1 Å². The van der Waals surface area contributed by atoms with Gasteiger partial charge in [-0.05, 0) is 62.8 Å². The molecule has 10 heteroatoms. The molecule has 0 spiro atoms. The van der Waals surface area contributed by atoms with Crippen LogP contribution >= 0.6 is 0 Å². The van der Waals surface area contributed by atoms with E-state index in [2.05, 4.69) is 34.5 Å². The van der Waals surface area contributed by atoms with Crippen LogP contribution < -0.4 is 16.1 Å². The molecule has 1 aliphatic heterocycles. The molecule has 1 saturated heterocycles. The first-order chi connectivity index (χ1) is 16.7. The second-order valence-corrected chi connectivity index (χ2v) is 9.01. The highest BCUT2D eigenvalue weighted by Crippen LogP contribution is 2.22. The van der Waals surface area contributed by atoms with Crippen LogP contribution in [0.5, 0.6) is 0 Å². The third kappa shape index (κ3) is 7.09. The minimum absolute atomic E-state index is 0.0436. The number of carbonyl (C=O) groups is 3. The lowest BCUT2D eigenvalue weighted by Crippen LogP contribution is -2.51. The van der Waals surface area contributed by atoms with Crippen molar-refractivity contribution in [2.45, 2.75) is 31.5 Å². The average Bonchev–Trinajstić information content (AvgIpc) is 3.31. The first kappa shape index (κ1) is 26.3. The predicted octanol–water partition coefficient (Wildman–Crippen LogP) is 0.913. The maximum Gasteiger partial charge on any atom is 0.268 e. The van der Waals surface area contributed by atoms with Gasteiger partial charge in [0.2, 0.25) is 5.91 Å². The largest absolute Gasteiger partial charge is 0.391 e. The summed E-state index contributed by atoms with van der Waals surface area (Å²) < 4.78 is 0. The second kappa shape index (κ2) is 11.9. The van der Waals surface area contributed by atoms with Crippen molar-refractivity contribution in [1.82, 2.24) is 20.6 Å². The van der Waals surface area contributed by atoms with E-state index in [1.54, 1.807) is 24.3 Å². The van der Waals surface area contributed by atoms with Crippen molar-refractivity contribution in [1.29, 1.82) is 0 Å². The molecule has 2 aromatic rings. The lowest BCUT2D eigenvalue weighted by atomic mass is 10.0. The summed E-state index contributed by atoms with van der Waals surface area (Å²) in [5.41, 5.74) is 4.21. The number of rotatable bonds is 9. The predicted molar refractivity (Wildman–Crippen MR) is 132 cm³/mol. The summed E-state index contributed by atoms with van der Waals surface area (Å²) in [6, 6.07) is 13.4. The van der Waals surface area contributed by atoms with Gasteiger partial charge in [0.1, 0.15) is 6.04 Å². The molecular formula is C25H33N5O5. The van der Waals surface area contributed by atoms with Gasteiger partial charge in [0.25, 0.3) is 11.8 Å². The number of aliphatic hydroxyl groups excluding tert-OH is 1. The normalized spacial score (nSPS) is 17.6. The summed E-state index contributed by atoms with van der Waals surface area (Å²) in [5, 5.41) is 23.8. The quantitative estimate of drug-likeness (QED) is 0.264. The van der Waals surface area contributed by atoms with Gasteiger partial charge < -0.3 is 20.6 Å². The summed E-state index contributed by atoms with van der Waals surface area (Å²) in [7, 11) is 4.12. The highest BCUT2D eigenvalue weighted by molar-refractivity contribution is 5.98. The maximum absolute atomic E-state index is 12.4. The molecule has 0 unspecified atom stereocenters. The highest BCUT2D eigenvalue weighted by Gasteiger charge is 2.26. The third-order valence-electron chi connectivity index (χ3n) is 6.16. The summed E-state index contributed by atoms with van der Waals surface area (Å²) >= 11 is 0. The zero-order valence-corrected chi connectivity index (χ0v) is 20.2. The van der Waals surface area contributed by atoms with Gasteiger partial charge in [-0.1, -0.05) is 24.3 Å². The smallest absolute Gasteiger partial charge is 0.268 e. The Balaban J connectivity index is 1.56. The van der Waals surface area contributed by atoms with Gasteiger partial charge in [0.15, 0.2) is 0 Å². The van der Waals surface area contributed by atoms with E-state index in [1.807, 2.05) is 24.3 Å². The lowest BCUT2D eigenvalue weighted by Gasteiger charge is -2.20. The third-order valence-corrected chi connectivity index (χ3v) is 6.16. The van der Waals surface area contributed by atoms with Crippen LogP contribution in [0, 0.1) is 0 Å². The number of likely N-dealkylation sites (N-methyl/N-ethyl adjacent to an activating group) is 1. The number of likely N-dealkylation sites (tertiary alicyclic amines) is 1. The standard InChI is InChI=1S/C25H33N5O5/c1-16(31)23(25(34)28-35)27-24(33)19-6-4-17(5-7-19)18-8-10-20(11-9-18)26-22(32)15-30-13-12-21(14-30)29(2)3/h4-11,16,21,23,31,35H,12-15H2,1-3H3,(H,26,32)(H,27,33)(H,28,34)/t16-,21-,23+/m1/s1. The van der Waals surface area contributed by atoms with Crippen LogP contribution in [0.3, 0.4) is 0 Å². The Morgan fingerprint density at radius 3 is 2.17 bits per heavy atom. The highest BCUT2D eigenvalue weighted by atomic mass is 16.5. The molecule has 0 aromatic heterocycles. The number of amides is 3. The SMILES string of the molecule is C[C@@H](O)[C@H](NC(=O)c1ccc(-c2ccc(NC(=O)CN3CC[C@@H](N(C)C)C3)cc2)cc1)C(=O)NO. The van der Waals surface area contributed by atoms with E-state index in [9.17, 15) is 19.5 Å². The van der Waals surface area contributed by atoms with Crippen molar-refractivity contribution in [2.24, 2.45) is 0 Å². The number of carbonyl (C=O) groups excluding carboxylic acids is 3. The number of hydrogen-bond acceptors (Lipinski definition) is 7. The van der Waals surface area contributed by atoms with Crippen molar-refractivity contribution < 1.29 is 24.7 Å². The second-order valence-electron chi connectivity index (χ2n) is 9.01. The number of hydroxylamine groups is 1. The fraction of sp³-hybridized carbons (Fsp3) is 0.400. The molecule has 1 heterocycles. The summed E-state index contributed by atoms with van der Waals surface area (Å²) in [5.74, 6) is -1.51. The van der Waals surface area contributed by atoms with Crippen molar-refractivity contribution in [3.8, 4) is 11.1 Å². The van der Waals surface area contributed by atoms with E-state index < -0.39 is 24.0 Å². The van der Waals surface area contributed by atoms with Gasteiger partial charge in [0, 0.05) is 30.4 Å². The van der Waals surface area contributed by atoms with Gasteiger partial charge in [0.05, 0.1) is 12.6 Å². The van der Waals surface area contributed by atoms with Gasteiger partial charge in [-0.3, -0.25) is 24.5 Å². The average molecular weight is 484 g/mol. The Labute approximate surface area is 204 Å². The molecule has 1 fully saturated rings. The summed E-state index contributed by atoms with van der Waals surface area (Å²) in [4.78, 5) is 40.8. The first-order valence-electron chi connectivity index (χ1n) is 11.5. The van der Waals surface area contributed by atoms with Crippen molar-refractivity contribution >= 4 is 23.4 Å². The van der Waals surface area contributed by atoms with Crippen molar-refractivity contribution in [2.75, 3.05) is 39.0 Å². The molecule has 5 N–H and O–H groups in total. The van der Waals surface area contributed by atoms with E-state index in [1.165, 1.54) is 12.4 Å². The molecule has 0 saturated carbocycles. The topological polar surface area (TPSA) is 134 Å². The van der Waals surface area contributed by atoms with Gasteiger partial charge in [-0.2, -0.15) is 0 Å². The minimum Gasteiger partial charge on any atom is -0.391 e. The Morgan fingerprint density at radius 2 is 1.66 bits per heavy atom. The number of hydrogen-bond donors (Lipinski definition) is 5. The molecule has 3 amide bonds. The number of aliphatic hydroxyl groups is 1. The molecule has 35 heavy (non-hydrogen) atoms. The van der Waals surface area contributed by atoms with Crippen LogP contribution in [0.2, 0.25) is 0 Å². The Morgan fingerprint density at radius 1 is 1.06 bits per heavy atom. The monoisotopic (exact) mass is 483 g/mol. The van der Waals surface area contributed by atoms with E-state index in [0.717, 1.165) is 30.6 Å². The Hall–Kier alpha value is -3.31. The van der Waals surface area contributed by atoms with Crippen LogP contribution in [0.15, 0.2) is 48.5 Å². The fourth-order valence-corrected chi connectivity index (χ4v) is 4.04. The number of benzene rings is 2. The van der Waals surface area contributed by atoms with Crippen LogP contribution in [0.4, 0.5) is 5.69 Å². The zero-order valence-electron chi connectivity index (χ0n) is 20.2. The summed E-state index contributed by atoms with van der Waals surface area (Å²) in [6.45, 7) is 3.51. The van der Waals surface area contributed by atoms with Crippen molar-refractivity contribution in [3.63, 3.8) is 0 Å². The molecule has 2 aromatic carbocycles. The van der Waals surface area contributed by atoms with Gasteiger partial charge >= 0.3 is 0 Å². The van der Waals surface area contributed by atoms with E-state index >= 15 is 0 Å². The molecule has 0 bridgehead atoms. The van der Waals surface area contributed by atoms with Gasteiger partial charge in [-0.15, -0.1) is 0 Å². The van der Waals surface area contributed by atoms with Gasteiger partial charge in [-0.25, -0.2) is 5.48 Å². The Kier molecular flexibility index (Phi) is 8.94. The minimum atomic E-state index is -1.28. The summed E-state index contributed by atoms with van der Waals surface area (Å²) in [6.07, 6.45) is -0.121. The number of nitrogens with zero attached hydrogens (tertiary/aromatic N) is 2. The van der Waals surface area contributed by atoms with E-state index in [0.29, 0.717) is 23.8 Å². The maximum atomic E-state index is 12.4. The molecule has 0 aliphatic carbocycles. The number of nitrogens with one attached hydrogen (secondary N) is 3. The van der Waals surface area contributed by atoms with Crippen LogP contribution in [0.1, 0.15) is 23.7 Å². The van der Waals surface area contributed by atoms with E-state index in [4.69, 9.17) is 5.21 Å². The van der Waals surface area contributed by atoms with Crippen LogP contribution in [-0.2, 0) is 9.59 Å². The molecule has 1 aliphatic rings. The fourth-order valence-electron chi connectivity index (χ4n) is 4.04. The Bertz CT molecular complexity index is 1020. The zero-order chi connectivity index (χ0) is 25.5. The number of anilines is 1. The molecule has 10 nitrogen and oxygen atoms in total. The van der Waals surface area contributed by atoms with E-state index in [-0.39, 0.29) is 5.91 Å². The van der Waals surface area contributed by atoms with Crippen molar-refractivity contribution in [3.05, 3.63) is 54.1 Å². The lowest BCUT2D eigenvalue weighted by molar-refractivity contribution is -0.133. The molecule has 3 rings (SSSR count). The molecular weight excluding hydrogens is 450 g/mol. The molecule has 0 radical (unpaired) electrons. The first-order valence-corrected chi connectivity index (χ1v) is 11.5. The molecule has 3 atom stereocenters. The van der Waals surface area contributed by atoms with Crippen LogP contribution in [-0.4, -0.2) is 89.8 Å². The molecule has 188 valence electrons.